The maximum Gasteiger partial charge on any atom is 0.170 e. The van der Waals surface area contributed by atoms with Crippen LogP contribution >= 0.6 is 0 Å². The lowest BCUT2D eigenvalue weighted by atomic mass is 9.99. The molecule has 2 unspecified atom stereocenters. The fourth-order valence-corrected chi connectivity index (χ4v) is 9.16. The fourth-order valence-electron chi connectivity index (χ4n) is 9.16. The lowest BCUT2D eigenvalue weighted by Gasteiger charge is -2.44. The second-order valence-electron chi connectivity index (χ2n) is 15.9. The van der Waals surface area contributed by atoms with Gasteiger partial charge in [-0.3, -0.25) is 14.6 Å². The number of carbonyl (C=O) groups is 1. The summed E-state index contributed by atoms with van der Waals surface area (Å²) in [5.74, 6) is 0.674. The van der Waals surface area contributed by atoms with Crippen LogP contribution in [0.4, 0.5) is 11.4 Å². The van der Waals surface area contributed by atoms with E-state index in [0.717, 1.165) is 82.4 Å². The van der Waals surface area contributed by atoms with E-state index < -0.39 is 12.1 Å². The molecule has 13 heteroatoms. The van der Waals surface area contributed by atoms with Gasteiger partial charge in [-0.1, -0.05) is 12.1 Å². The summed E-state index contributed by atoms with van der Waals surface area (Å²) in [6, 6.07) is 34.5. The molecule has 13 nitrogen and oxygen atoms in total. The molecule has 2 atom stereocenters. The first-order chi connectivity index (χ1) is 29.4. The molecule has 0 saturated carbocycles. The zero-order chi connectivity index (χ0) is 40.6. The molecule has 2 aromatic carbocycles. The highest BCUT2D eigenvalue weighted by molar-refractivity contribution is 5.90. The Morgan fingerprint density at radius 3 is 1.42 bits per heavy atom. The van der Waals surface area contributed by atoms with E-state index in [2.05, 4.69) is 110 Å². The van der Waals surface area contributed by atoms with Crippen molar-refractivity contribution < 1.29 is 15.0 Å². The van der Waals surface area contributed by atoms with E-state index >= 15 is 4.79 Å². The number of anilines is 2. The van der Waals surface area contributed by atoms with Crippen molar-refractivity contribution in [3.8, 4) is 34.3 Å². The van der Waals surface area contributed by atoms with Crippen LogP contribution in [-0.2, 0) is 17.9 Å². The quantitative estimate of drug-likeness (QED) is 0.110. The Hall–Kier alpha value is -6.83. The van der Waals surface area contributed by atoms with Crippen molar-refractivity contribution >= 4 is 39.2 Å². The van der Waals surface area contributed by atoms with Crippen molar-refractivity contribution in [1.29, 1.82) is 0 Å². The van der Waals surface area contributed by atoms with Gasteiger partial charge in [0.1, 0.15) is 22.8 Å². The standard InChI is InChI=1S/C47H48N10O3/c58-37-11-1-9-35(29-37)52-19-23-54(24-20-52)43(31-56-17-5-13-41(56)39-27-33-7-3-15-48-46(33)50-39)45(60)44(55-25-21-53(22-26-55)36-10-2-12-38(59)30-36)32-57-18-6-14-42(57)40-28-34-8-4-16-49-47(34)51-40/h1-18,27-30,43-44,58-59H,19-26,31-32H2,(H,48,50)(H,49,51). The van der Waals surface area contributed by atoms with Crippen molar-refractivity contribution in [2.24, 2.45) is 0 Å². The molecule has 2 aliphatic rings. The molecule has 0 aliphatic carbocycles. The highest BCUT2D eigenvalue weighted by Crippen LogP contribution is 2.30. The van der Waals surface area contributed by atoms with Gasteiger partial charge in [0.05, 0.1) is 34.9 Å². The van der Waals surface area contributed by atoms with Crippen molar-refractivity contribution in [1.82, 2.24) is 38.9 Å². The Bertz CT molecular complexity index is 2500. The SMILES string of the molecule is O=C(C(Cn1cccc1-c1cc2cccnc2[nH]1)N1CCN(c2cccc(O)c2)CC1)C(Cn1cccc1-c1cc2cccnc2[nH]1)N1CCN(c2cccc(O)c2)CC1. The van der Waals surface area contributed by atoms with Crippen molar-refractivity contribution in [3.63, 3.8) is 0 Å². The minimum Gasteiger partial charge on any atom is -0.508 e. The molecule has 60 heavy (non-hydrogen) atoms. The molecular formula is C47H48N10O3. The van der Waals surface area contributed by atoms with Crippen LogP contribution in [0.5, 0.6) is 11.5 Å². The second kappa shape index (κ2) is 16.1. The van der Waals surface area contributed by atoms with E-state index in [4.69, 9.17) is 0 Å². The smallest absolute Gasteiger partial charge is 0.170 e. The Morgan fingerprint density at radius 2 is 1.00 bits per heavy atom. The molecule has 2 aliphatic heterocycles. The van der Waals surface area contributed by atoms with Crippen molar-refractivity contribution in [2.75, 3.05) is 62.2 Å². The van der Waals surface area contributed by atoms with Crippen LogP contribution in [-0.4, -0.2) is 119 Å². The number of fused-ring (bicyclic) bond motifs is 2. The van der Waals surface area contributed by atoms with Crippen LogP contribution < -0.4 is 9.80 Å². The van der Waals surface area contributed by atoms with Gasteiger partial charge in [0, 0.05) is 125 Å². The molecule has 0 amide bonds. The molecule has 304 valence electrons. The number of ketones is 1. The van der Waals surface area contributed by atoms with Gasteiger partial charge in [0.2, 0.25) is 0 Å². The topological polar surface area (TPSA) is 138 Å². The summed E-state index contributed by atoms with van der Waals surface area (Å²) in [6.07, 6.45) is 7.74. The Kier molecular flexibility index (Phi) is 10.0. The molecule has 8 heterocycles. The van der Waals surface area contributed by atoms with E-state index in [1.807, 2.05) is 48.5 Å². The van der Waals surface area contributed by atoms with Crippen molar-refractivity contribution in [3.05, 3.63) is 134 Å². The minimum atomic E-state index is -0.435. The Balaban J connectivity index is 0.995. The average molecular weight is 801 g/mol. The average Bonchev–Trinajstić information content (AvgIpc) is 4.11. The molecule has 0 bridgehead atoms. The van der Waals surface area contributed by atoms with Crippen molar-refractivity contribution in [2.45, 2.75) is 25.2 Å². The van der Waals surface area contributed by atoms with Gasteiger partial charge in [0.25, 0.3) is 0 Å². The molecule has 2 saturated heterocycles. The summed E-state index contributed by atoms with van der Waals surface area (Å²) in [5, 5.41) is 22.6. The number of aromatic nitrogens is 6. The number of nitrogens with one attached hydrogen (secondary N) is 2. The molecule has 6 aromatic heterocycles. The monoisotopic (exact) mass is 800 g/mol. The van der Waals surface area contributed by atoms with Gasteiger partial charge in [-0.05, 0) is 84.9 Å². The van der Waals surface area contributed by atoms with E-state index in [1.165, 1.54) is 0 Å². The number of Topliss-reactive ketones (excluding diaryl/α,β-unsaturated/α-hetero) is 1. The van der Waals surface area contributed by atoms with E-state index in [0.29, 0.717) is 39.3 Å². The second-order valence-corrected chi connectivity index (χ2v) is 15.9. The number of carbonyl (C=O) groups excluding carboxylic acids is 1. The maximum absolute atomic E-state index is 15.8. The fraction of sp³-hybridized carbons (Fsp3) is 0.255. The summed E-state index contributed by atoms with van der Waals surface area (Å²) in [4.78, 5) is 41.2. The van der Waals surface area contributed by atoms with E-state index in [9.17, 15) is 10.2 Å². The van der Waals surface area contributed by atoms with Gasteiger partial charge in [0.15, 0.2) is 5.78 Å². The predicted octanol–water partition coefficient (Wildman–Crippen LogP) is 6.44. The van der Waals surface area contributed by atoms with Gasteiger partial charge in [-0.25, -0.2) is 9.97 Å². The number of benzene rings is 2. The van der Waals surface area contributed by atoms with Crippen LogP contribution in [0, 0.1) is 0 Å². The lowest BCUT2D eigenvalue weighted by Crippen LogP contribution is -2.60. The summed E-state index contributed by atoms with van der Waals surface area (Å²) in [5.41, 5.74) is 7.53. The highest BCUT2D eigenvalue weighted by atomic mass is 16.3. The third-order valence-corrected chi connectivity index (χ3v) is 12.3. The number of pyridine rings is 2. The predicted molar refractivity (Wildman–Crippen MR) is 235 cm³/mol. The molecule has 0 radical (unpaired) electrons. The molecular weight excluding hydrogens is 753 g/mol. The first-order valence-electron chi connectivity index (χ1n) is 20.7. The summed E-state index contributed by atoms with van der Waals surface area (Å²) >= 11 is 0. The first-order valence-corrected chi connectivity index (χ1v) is 20.7. The Labute approximate surface area is 347 Å². The number of nitrogens with zero attached hydrogens (tertiary/aromatic N) is 8. The number of hydrogen-bond donors (Lipinski definition) is 4. The zero-order valence-electron chi connectivity index (χ0n) is 33.3. The number of H-pyrrole nitrogens is 2. The van der Waals surface area contributed by atoms with Crippen LogP contribution in [0.25, 0.3) is 44.8 Å². The molecule has 10 rings (SSSR count). The van der Waals surface area contributed by atoms with E-state index in [-0.39, 0.29) is 17.3 Å². The van der Waals surface area contributed by atoms with Gasteiger partial charge >= 0.3 is 0 Å². The first kappa shape index (κ1) is 37.4. The number of aromatic hydroxyl groups is 2. The number of hydrogen-bond acceptors (Lipinski definition) is 9. The van der Waals surface area contributed by atoms with Crippen LogP contribution in [0.2, 0.25) is 0 Å². The van der Waals surface area contributed by atoms with Crippen LogP contribution in [0.15, 0.2) is 134 Å². The summed E-state index contributed by atoms with van der Waals surface area (Å²) in [6.45, 7) is 6.60. The highest BCUT2D eigenvalue weighted by Gasteiger charge is 2.38. The molecule has 2 fully saturated rings. The number of phenols is 2. The number of rotatable bonds is 12. The Morgan fingerprint density at radius 1 is 0.550 bits per heavy atom. The number of phenolic OH excluding ortho intramolecular Hbond substituents is 2. The number of aromatic amines is 2. The lowest BCUT2D eigenvalue weighted by molar-refractivity contribution is -0.131. The largest absolute Gasteiger partial charge is 0.508 e. The minimum absolute atomic E-state index is 0.183. The normalized spacial score (nSPS) is 16.5. The molecule has 8 aromatic rings. The summed E-state index contributed by atoms with van der Waals surface area (Å²) < 4.78 is 4.43. The molecule has 4 N–H and O–H groups in total. The number of piperazine rings is 2. The third-order valence-electron chi connectivity index (χ3n) is 12.3. The maximum atomic E-state index is 15.8. The molecule has 0 spiro atoms. The van der Waals surface area contributed by atoms with Gasteiger partial charge < -0.3 is 39.1 Å². The van der Waals surface area contributed by atoms with Crippen LogP contribution in [0.1, 0.15) is 0 Å². The van der Waals surface area contributed by atoms with Crippen LogP contribution in [0.3, 0.4) is 0 Å². The zero-order valence-corrected chi connectivity index (χ0v) is 33.3. The summed E-state index contributed by atoms with van der Waals surface area (Å²) in [7, 11) is 0. The van der Waals surface area contributed by atoms with Gasteiger partial charge in [-0.15, -0.1) is 0 Å². The van der Waals surface area contributed by atoms with Gasteiger partial charge in [-0.2, -0.15) is 0 Å². The van der Waals surface area contributed by atoms with E-state index in [1.54, 1.807) is 24.5 Å². The third kappa shape index (κ3) is 7.49.